The summed E-state index contributed by atoms with van der Waals surface area (Å²) in [5, 5.41) is 0. The van der Waals surface area contributed by atoms with Crippen LogP contribution in [0.25, 0.3) is 0 Å². The number of hydrogen-bond acceptors (Lipinski definition) is 3. The molecule has 3 heterocycles. The van der Waals surface area contributed by atoms with Crippen LogP contribution >= 0.6 is 0 Å². The molecule has 3 amide bonds. The fraction of sp³-hybridized carbons (Fsp3) is 0.640. The lowest BCUT2D eigenvalue weighted by atomic mass is 9.92. The van der Waals surface area contributed by atoms with E-state index in [9.17, 15) is 14.4 Å². The van der Waals surface area contributed by atoms with Gasteiger partial charge < -0.3 is 14.7 Å². The fourth-order valence-electron chi connectivity index (χ4n) is 5.26. The highest BCUT2D eigenvalue weighted by Crippen LogP contribution is 2.27. The van der Waals surface area contributed by atoms with Gasteiger partial charge in [0.05, 0.1) is 0 Å². The van der Waals surface area contributed by atoms with Gasteiger partial charge in [-0.3, -0.25) is 14.4 Å². The van der Waals surface area contributed by atoms with Gasteiger partial charge in [-0.1, -0.05) is 30.3 Å². The lowest BCUT2D eigenvalue weighted by Gasteiger charge is -2.40. The molecule has 3 aliphatic heterocycles. The molecule has 3 aliphatic rings. The largest absolute Gasteiger partial charge is 0.343 e. The quantitative estimate of drug-likeness (QED) is 0.729. The number of hydrogen-bond donors (Lipinski definition) is 0. The van der Waals surface area contributed by atoms with E-state index in [2.05, 4.69) is 12.1 Å². The van der Waals surface area contributed by atoms with E-state index in [1.165, 1.54) is 5.56 Å². The Morgan fingerprint density at radius 1 is 0.742 bits per heavy atom. The third-order valence-corrected chi connectivity index (χ3v) is 7.16. The number of carbonyl (C=O) groups is 3. The Hall–Kier alpha value is -2.37. The van der Waals surface area contributed by atoms with Gasteiger partial charge in [-0.15, -0.1) is 0 Å². The van der Waals surface area contributed by atoms with Crippen LogP contribution in [0, 0.1) is 5.92 Å². The Kier molecular flexibility index (Phi) is 7.25. The van der Waals surface area contributed by atoms with Gasteiger partial charge in [-0.25, -0.2) is 0 Å². The van der Waals surface area contributed by atoms with E-state index in [-0.39, 0.29) is 29.7 Å². The number of likely N-dealkylation sites (tertiary alicyclic amines) is 3. The van der Waals surface area contributed by atoms with Crippen molar-refractivity contribution in [1.82, 2.24) is 14.7 Å². The van der Waals surface area contributed by atoms with Crippen LogP contribution in [0.3, 0.4) is 0 Å². The van der Waals surface area contributed by atoms with Gasteiger partial charge in [-0.2, -0.15) is 0 Å². The number of carbonyl (C=O) groups excluding carboxylic acids is 3. The molecule has 1 atom stereocenters. The molecule has 6 nitrogen and oxygen atoms in total. The first-order valence-electron chi connectivity index (χ1n) is 12.0. The molecule has 4 rings (SSSR count). The average Bonchev–Trinajstić information content (AvgIpc) is 3.37. The first-order valence-corrected chi connectivity index (χ1v) is 12.0. The fourth-order valence-corrected chi connectivity index (χ4v) is 5.26. The van der Waals surface area contributed by atoms with Crippen LogP contribution < -0.4 is 0 Å². The molecule has 0 radical (unpaired) electrons. The zero-order valence-electron chi connectivity index (χ0n) is 18.5. The second-order valence-corrected chi connectivity index (χ2v) is 9.22. The van der Waals surface area contributed by atoms with E-state index in [0.717, 1.165) is 51.6 Å². The second kappa shape index (κ2) is 10.3. The molecule has 0 N–H and O–H groups in total. The van der Waals surface area contributed by atoms with Gasteiger partial charge in [-0.05, 0) is 56.9 Å². The molecule has 3 saturated heterocycles. The molecule has 0 aliphatic carbocycles. The summed E-state index contributed by atoms with van der Waals surface area (Å²) in [4.78, 5) is 44.7. The lowest BCUT2D eigenvalue weighted by Crippen LogP contribution is -2.55. The second-order valence-electron chi connectivity index (χ2n) is 9.22. The number of benzene rings is 1. The molecule has 0 spiro atoms. The van der Waals surface area contributed by atoms with Crippen molar-refractivity contribution < 1.29 is 14.4 Å². The Morgan fingerprint density at radius 3 is 2.13 bits per heavy atom. The predicted molar refractivity (Wildman–Crippen MR) is 119 cm³/mol. The van der Waals surface area contributed by atoms with Crippen molar-refractivity contribution in [2.24, 2.45) is 5.92 Å². The van der Waals surface area contributed by atoms with Crippen molar-refractivity contribution in [2.75, 3.05) is 32.7 Å². The highest BCUT2D eigenvalue weighted by Gasteiger charge is 2.39. The Labute approximate surface area is 185 Å². The molecule has 0 saturated carbocycles. The summed E-state index contributed by atoms with van der Waals surface area (Å²) >= 11 is 0. The summed E-state index contributed by atoms with van der Waals surface area (Å²) in [6.07, 6.45) is 7.61. The zero-order valence-corrected chi connectivity index (χ0v) is 18.5. The van der Waals surface area contributed by atoms with E-state index in [1.807, 2.05) is 32.9 Å². The molecule has 1 unspecified atom stereocenters. The Bertz CT molecular complexity index is 767. The van der Waals surface area contributed by atoms with Crippen molar-refractivity contribution in [1.29, 1.82) is 0 Å². The van der Waals surface area contributed by atoms with Crippen molar-refractivity contribution in [2.45, 2.75) is 63.8 Å². The monoisotopic (exact) mass is 425 g/mol. The molecule has 3 fully saturated rings. The first kappa shape index (κ1) is 21.8. The van der Waals surface area contributed by atoms with Gasteiger partial charge in [0.1, 0.15) is 6.04 Å². The van der Waals surface area contributed by atoms with Crippen LogP contribution in [0.4, 0.5) is 0 Å². The number of amides is 3. The third-order valence-electron chi connectivity index (χ3n) is 7.16. The van der Waals surface area contributed by atoms with Crippen LogP contribution in [0.5, 0.6) is 0 Å². The summed E-state index contributed by atoms with van der Waals surface area (Å²) in [5.74, 6) is 0.396. The molecule has 31 heavy (non-hydrogen) atoms. The minimum atomic E-state index is -0.273. The maximum Gasteiger partial charge on any atom is 0.245 e. The summed E-state index contributed by atoms with van der Waals surface area (Å²) in [5.41, 5.74) is 1.18. The lowest BCUT2D eigenvalue weighted by molar-refractivity contribution is -0.151. The minimum absolute atomic E-state index is 0.0647. The van der Waals surface area contributed by atoms with E-state index in [1.54, 1.807) is 0 Å². The zero-order chi connectivity index (χ0) is 21.6. The molecular weight excluding hydrogens is 390 g/mol. The smallest absolute Gasteiger partial charge is 0.245 e. The van der Waals surface area contributed by atoms with E-state index >= 15 is 0 Å². The highest BCUT2D eigenvalue weighted by atomic mass is 16.2. The van der Waals surface area contributed by atoms with Gasteiger partial charge in [0.25, 0.3) is 0 Å². The van der Waals surface area contributed by atoms with Crippen LogP contribution in [0.1, 0.15) is 56.9 Å². The van der Waals surface area contributed by atoms with Crippen molar-refractivity contribution in [3.8, 4) is 0 Å². The van der Waals surface area contributed by atoms with Crippen LogP contribution in [0.15, 0.2) is 30.3 Å². The molecule has 1 aromatic carbocycles. The van der Waals surface area contributed by atoms with Gasteiger partial charge in [0, 0.05) is 45.1 Å². The van der Waals surface area contributed by atoms with Crippen molar-refractivity contribution >= 4 is 17.7 Å². The van der Waals surface area contributed by atoms with Gasteiger partial charge >= 0.3 is 0 Å². The average molecular weight is 426 g/mol. The predicted octanol–water partition coefficient (Wildman–Crippen LogP) is 2.86. The summed E-state index contributed by atoms with van der Waals surface area (Å²) in [7, 11) is 0. The number of rotatable bonds is 5. The number of piperidine rings is 2. The van der Waals surface area contributed by atoms with E-state index < -0.39 is 0 Å². The standard InChI is InChI=1S/C25H35N3O3/c29-23(12-11-20-8-2-1-3-9-20)26-18-13-21(14-19-26)24(30)28-17-5-4-10-22(28)25(31)27-15-6-7-16-27/h1-3,8-9,21-22H,4-7,10-19H2. The SMILES string of the molecule is O=C(CCc1ccccc1)N1CCC(C(=O)N2CCCCC2C(=O)N2CCCC2)CC1. The molecule has 6 heteroatoms. The van der Waals surface area contributed by atoms with Gasteiger partial charge in [0.2, 0.25) is 17.7 Å². The molecule has 168 valence electrons. The van der Waals surface area contributed by atoms with Gasteiger partial charge in [0.15, 0.2) is 0 Å². The molecule has 1 aromatic rings. The first-order chi connectivity index (χ1) is 15.1. The van der Waals surface area contributed by atoms with E-state index in [0.29, 0.717) is 38.9 Å². The van der Waals surface area contributed by atoms with Crippen LogP contribution in [-0.2, 0) is 20.8 Å². The minimum Gasteiger partial charge on any atom is -0.343 e. The van der Waals surface area contributed by atoms with Crippen molar-refractivity contribution in [3.05, 3.63) is 35.9 Å². The maximum atomic E-state index is 13.3. The number of aryl methyl sites for hydroxylation is 1. The van der Waals surface area contributed by atoms with Crippen LogP contribution in [-0.4, -0.2) is 71.2 Å². The van der Waals surface area contributed by atoms with Crippen molar-refractivity contribution in [3.63, 3.8) is 0 Å². The summed E-state index contributed by atoms with van der Waals surface area (Å²) in [6.45, 7) is 3.65. The van der Waals surface area contributed by atoms with E-state index in [4.69, 9.17) is 0 Å². The molecule has 0 aromatic heterocycles. The maximum absolute atomic E-state index is 13.3. The molecular formula is C25H35N3O3. The normalized spacial score (nSPS) is 22.6. The highest BCUT2D eigenvalue weighted by molar-refractivity contribution is 5.89. The topological polar surface area (TPSA) is 60.9 Å². The molecule has 0 bridgehead atoms. The number of nitrogens with zero attached hydrogens (tertiary/aromatic N) is 3. The summed E-state index contributed by atoms with van der Waals surface area (Å²) in [6, 6.07) is 9.81. The summed E-state index contributed by atoms with van der Waals surface area (Å²) < 4.78 is 0. The third kappa shape index (κ3) is 5.28. The Balaban J connectivity index is 1.28. The van der Waals surface area contributed by atoms with Crippen LogP contribution in [0.2, 0.25) is 0 Å². The Morgan fingerprint density at radius 2 is 1.42 bits per heavy atom.